The maximum absolute atomic E-state index is 12.2. The van der Waals surface area contributed by atoms with Gasteiger partial charge in [0, 0.05) is 34.4 Å². The summed E-state index contributed by atoms with van der Waals surface area (Å²) in [7, 11) is 0. The average Bonchev–Trinajstić information content (AvgIpc) is 2.95. The van der Waals surface area contributed by atoms with Crippen molar-refractivity contribution in [1.29, 1.82) is 5.26 Å². The Bertz CT molecular complexity index is 948. The number of carbonyl (C=O) groups is 1. The first-order valence-electron chi connectivity index (χ1n) is 6.95. The molecule has 0 fully saturated rings. The molecule has 0 aliphatic carbocycles. The zero-order valence-electron chi connectivity index (χ0n) is 12.1. The number of nitrogens with one attached hydrogen (secondary N) is 2. The van der Waals surface area contributed by atoms with E-state index in [-0.39, 0.29) is 11.3 Å². The molecule has 3 rings (SSSR count). The minimum Gasteiger partial charge on any atom is -0.508 e. The molecule has 0 aliphatic rings. The topological polar surface area (TPSA) is 88.9 Å². The molecule has 0 atom stereocenters. The van der Waals surface area contributed by atoms with Gasteiger partial charge < -0.3 is 15.4 Å². The minimum absolute atomic E-state index is 0.0157. The van der Waals surface area contributed by atoms with Gasteiger partial charge >= 0.3 is 0 Å². The van der Waals surface area contributed by atoms with Crippen molar-refractivity contribution < 1.29 is 9.90 Å². The van der Waals surface area contributed by atoms with Crippen molar-refractivity contribution in [3.63, 3.8) is 0 Å². The van der Waals surface area contributed by atoms with Gasteiger partial charge in [-0.15, -0.1) is 0 Å². The normalized spacial score (nSPS) is 11.2. The molecule has 0 bridgehead atoms. The average molecular weight is 303 g/mol. The van der Waals surface area contributed by atoms with Crippen molar-refractivity contribution in [3.8, 4) is 11.8 Å². The number of benzene rings is 2. The van der Waals surface area contributed by atoms with Crippen molar-refractivity contribution >= 4 is 28.6 Å². The molecule has 3 aromatic rings. The summed E-state index contributed by atoms with van der Waals surface area (Å²) in [6.45, 7) is 0. The van der Waals surface area contributed by atoms with Crippen molar-refractivity contribution in [1.82, 2.24) is 4.98 Å². The van der Waals surface area contributed by atoms with E-state index in [0.717, 1.165) is 16.5 Å². The number of fused-ring (bicyclic) bond motifs is 1. The Kier molecular flexibility index (Phi) is 3.81. The van der Waals surface area contributed by atoms with E-state index in [4.69, 9.17) is 0 Å². The molecule has 0 saturated carbocycles. The van der Waals surface area contributed by atoms with E-state index in [1.165, 1.54) is 18.2 Å². The number of para-hydroxylation sites is 1. The van der Waals surface area contributed by atoms with Crippen LogP contribution in [0.5, 0.6) is 5.75 Å². The first kappa shape index (κ1) is 14.4. The Morgan fingerprint density at radius 2 is 2.04 bits per heavy atom. The zero-order valence-corrected chi connectivity index (χ0v) is 12.1. The van der Waals surface area contributed by atoms with Gasteiger partial charge in [0.25, 0.3) is 5.91 Å². The van der Waals surface area contributed by atoms with Gasteiger partial charge in [0.05, 0.1) is 0 Å². The van der Waals surface area contributed by atoms with Crippen LogP contribution >= 0.6 is 0 Å². The molecular formula is C18H13N3O2. The van der Waals surface area contributed by atoms with E-state index in [2.05, 4.69) is 10.3 Å². The minimum atomic E-state index is -0.525. The monoisotopic (exact) mass is 303 g/mol. The number of rotatable bonds is 3. The molecule has 112 valence electrons. The molecule has 0 aliphatic heterocycles. The van der Waals surface area contributed by atoms with E-state index in [1.54, 1.807) is 18.3 Å². The van der Waals surface area contributed by atoms with Crippen LogP contribution in [-0.4, -0.2) is 16.0 Å². The van der Waals surface area contributed by atoms with Crippen molar-refractivity contribution in [2.75, 3.05) is 5.32 Å². The Balaban J connectivity index is 1.90. The first-order valence-corrected chi connectivity index (χ1v) is 6.95. The van der Waals surface area contributed by atoms with Crippen molar-refractivity contribution in [3.05, 3.63) is 65.9 Å². The summed E-state index contributed by atoms with van der Waals surface area (Å²) in [5.74, 6) is -0.481. The Hall–Kier alpha value is -3.52. The van der Waals surface area contributed by atoms with Crippen LogP contribution in [0.2, 0.25) is 0 Å². The number of aromatic hydroxyl groups is 1. The number of nitrogens with zero attached hydrogens (tertiary/aromatic N) is 1. The third kappa shape index (κ3) is 3.06. The molecule has 0 saturated heterocycles. The van der Waals surface area contributed by atoms with Gasteiger partial charge in [0.15, 0.2) is 0 Å². The molecule has 2 aromatic carbocycles. The molecule has 0 radical (unpaired) electrons. The first-order chi connectivity index (χ1) is 11.2. The third-order valence-corrected chi connectivity index (χ3v) is 3.39. The smallest absolute Gasteiger partial charge is 0.266 e. The zero-order chi connectivity index (χ0) is 16.2. The standard InChI is InChI=1S/C18H13N3O2/c19-10-12(18(23)21-14-4-3-5-15(22)9-14)8-13-11-20-17-7-2-1-6-16(13)17/h1-9,11,20,22H,(H,21,23)/b12-8+. The van der Waals surface area contributed by atoms with Gasteiger partial charge in [-0.1, -0.05) is 24.3 Å². The summed E-state index contributed by atoms with van der Waals surface area (Å²) in [4.78, 5) is 15.3. The Labute approximate surface area is 132 Å². The number of carbonyl (C=O) groups excluding carboxylic acids is 1. The third-order valence-electron chi connectivity index (χ3n) is 3.39. The molecule has 1 aromatic heterocycles. The summed E-state index contributed by atoms with van der Waals surface area (Å²) < 4.78 is 0. The molecule has 5 nitrogen and oxygen atoms in total. The van der Waals surface area contributed by atoms with E-state index < -0.39 is 5.91 Å². The van der Waals surface area contributed by atoms with Gasteiger partial charge in [-0.2, -0.15) is 5.26 Å². The highest BCUT2D eigenvalue weighted by Gasteiger charge is 2.11. The fourth-order valence-corrected chi connectivity index (χ4v) is 2.30. The van der Waals surface area contributed by atoms with Gasteiger partial charge in [-0.25, -0.2) is 0 Å². The Morgan fingerprint density at radius 3 is 2.83 bits per heavy atom. The predicted octanol–water partition coefficient (Wildman–Crippen LogP) is 3.42. The fourth-order valence-electron chi connectivity index (χ4n) is 2.30. The van der Waals surface area contributed by atoms with Gasteiger partial charge in [0.1, 0.15) is 17.4 Å². The van der Waals surface area contributed by atoms with Crippen LogP contribution < -0.4 is 5.32 Å². The number of hydrogen-bond donors (Lipinski definition) is 3. The lowest BCUT2D eigenvalue weighted by Gasteiger charge is -2.04. The molecule has 1 amide bonds. The number of nitriles is 1. The van der Waals surface area contributed by atoms with Crippen LogP contribution in [0.15, 0.2) is 60.3 Å². The number of H-pyrrole nitrogens is 1. The van der Waals surface area contributed by atoms with Crippen molar-refractivity contribution in [2.24, 2.45) is 0 Å². The largest absolute Gasteiger partial charge is 0.508 e. The van der Waals surface area contributed by atoms with Gasteiger partial charge in [0.2, 0.25) is 0 Å². The number of hydrogen-bond acceptors (Lipinski definition) is 3. The number of aromatic amines is 1. The summed E-state index contributed by atoms with van der Waals surface area (Å²) >= 11 is 0. The molecular weight excluding hydrogens is 290 g/mol. The van der Waals surface area contributed by atoms with Gasteiger partial charge in [-0.3, -0.25) is 4.79 Å². The van der Waals surface area contributed by atoms with Crippen LogP contribution in [0.1, 0.15) is 5.56 Å². The second-order valence-electron chi connectivity index (χ2n) is 4.96. The lowest BCUT2D eigenvalue weighted by atomic mass is 10.1. The highest BCUT2D eigenvalue weighted by Crippen LogP contribution is 2.21. The molecule has 0 spiro atoms. The maximum atomic E-state index is 12.2. The number of anilines is 1. The molecule has 0 unspecified atom stereocenters. The van der Waals surface area contributed by atoms with Crippen molar-refractivity contribution in [2.45, 2.75) is 0 Å². The lowest BCUT2D eigenvalue weighted by Crippen LogP contribution is -2.13. The Morgan fingerprint density at radius 1 is 1.22 bits per heavy atom. The summed E-state index contributed by atoms with van der Waals surface area (Å²) in [5, 5.41) is 22.2. The highest BCUT2D eigenvalue weighted by molar-refractivity contribution is 6.10. The molecule has 23 heavy (non-hydrogen) atoms. The van der Waals surface area contributed by atoms with Crippen LogP contribution in [-0.2, 0) is 4.79 Å². The van der Waals surface area contributed by atoms with E-state index in [9.17, 15) is 15.2 Å². The summed E-state index contributed by atoms with van der Waals surface area (Å²) in [6, 6.07) is 15.7. The molecule has 1 heterocycles. The van der Waals surface area contributed by atoms with E-state index >= 15 is 0 Å². The molecule has 3 N–H and O–H groups in total. The number of amides is 1. The van der Waals surface area contributed by atoms with E-state index in [0.29, 0.717) is 5.69 Å². The highest BCUT2D eigenvalue weighted by atomic mass is 16.3. The predicted molar refractivity (Wildman–Crippen MR) is 88.6 cm³/mol. The number of phenols is 1. The SMILES string of the molecule is N#C/C(=C\c1c[nH]c2ccccc12)C(=O)Nc1cccc(O)c1. The van der Waals surface area contributed by atoms with Gasteiger partial charge in [-0.05, 0) is 24.3 Å². The quantitative estimate of drug-likeness (QED) is 0.511. The molecule has 5 heteroatoms. The number of aromatic nitrogens is 1. The van der Waals surface area contributed by atoms with Crippen LogP contribution in [0.3, 0.4) is 0 Å². The van der Waals surface area contributed by atoms with Crippen LogP contribution in [0.25, 0.3) is 17.0 Å². The summed E-state index contributed by atoms with van der Waals surface area (Å²) in [5.41, 5.74) is 2.11. The fraction of sp³-hybridized carbons (Fsp3) is 0. The maximum Gasteiger partial charge on any atom is 0.266 e. The lowest BCUT2D eigenvalue weighted by molar-refractivity contribution is -0.112. The van der Waals surface area contributed by atoms with Crippen LogP contribution in [0.4, 0.5) is 5.69 Å². The second-order valence-corrected chi connectivity index (χ2v) is 4.96. The second kappa shape index (κ2) is 6.08. The van der Waals surface area contributed by atoms with E-state index in [1.807, 2.05) is 30.3 Å². The van der Waals surface area contributed by atoms with Crippen LogP contribution in [0, 0.1) is 11.3 Å². The summed E-state index contributed by atoms with van der Waals surface area (Å²) in [6.07, 6.45) is 3.29. The number of phenolic OH excluding ortho intramolecular Hbond substituents is 1.